The Morgan fingerprint density at radius 1 is 1.03 bits per heavy atom. The molecule has 0 unspecified atom stereocenters. The van der Waals surface area contributed by atoms with Crippen LogP contribution < -0.4 is 5.32 Å². The number of aryl methyl sites for hydroxylation is 1. The molecular formula is C29H27N3O3. The van der Waals surface area contributed by atoms with Gasteiger partial charge >= 0.3 is 0 Å². The van der Waals surface area contributed by atoms with Crippen molar-refractivity contribution in [2.45, 2.75) is 44.2 Å². The Labute approximate surface area is 202 Å². The van der Waals surface area contributed by atoms with Gasteiger partial charge in [-0.2, -0.15) is 0 Å². The summed E-state index contributed by atoms with van der Waals surface area (Å²) in [7, 11) is 1.97. The first-order valence-electron chi connectivity index (χ1n) is 12.6. The lowest BCUT2D eigenvalue weighted by Crippen LogP contribution is -2.56. The van der Waals surface area contributed by atoms with Crippen LogP contribution in [-0.4, -0.2) is 39.7 Å². The van der Waals surface area contributed by atoms with Crippen molar-refractivity contribution in [1.82, 2.24) is 14.5 Å². The highest BCUT2D eigenvalue weighted by atomic mass is 16.5. The van der Waals surface area contributed by atoms with Gasteiger partial charge in [0.15, 0.2) is 11.5 Å². The van der Waals surface area contributed by atoms with E-state index >= 15 is 0 Å². The summed E-state index contributed by atoms with van der Waals surface area (Å²) in [5, 5.41) is 18.7. The molecule has 2 bridgehead atoms. The van der Waals surface area contributed by atoms with Gasteiger partial charge in [0, 0.05) is 51.9 Å². The molecule has 8 rings (SSSR count). The maximum Gasteiger partial charge on any atom is 0.164 e. The smallest absolute Gasteiger partial charge is 0.164 e. The van der Waals surface area contributed by atoms with E-state index in [1.807, 2.05) is 7.05 Å². The fourth-order valence-electron chi connectivity index (χ4n) is 7.63. The first-order chi connectivity index (χ1) is 17.1. The molecular weight excluding hydrogens is 438 g/mol. The van der Waals surface area contributed by atoms with Crippen LogP contribution in [0.3, 0.4) is 0 Å². The van der Waals surface area contributed by atoms with Gasteiger partial charge in [0.05, 0.1) is 28.7 Å². The van der Waals surface area contributed by atoms with Gasteiger partial charge in [0.2, 0.25) is 0 Å². The van der Waals surface area contributed by atoms with Gasteiger partial charge in [-0.1, -0.05) is 36.4 Å². The van der Waals surface area contributed by atoms with Gasteiger partial charge in [0.25, 0.3) is 0 Å². The number of fused-ring (bicyclic) bond motifs is 13. The van der Waals surface area contributed by atoms with Gasteiger partial charge in [-0.3, -0.25) is 4.79 Å². The maximum atomic E-state index is 13.4. The molecule has 35 heavy (non-hydrogen) atoms. The molecule has 2 aromatic heterocycles. The molecule has 1 aliphatic carbocycles. The molecule has 6 heteroatoms. The average Bonchev–Trinajstić information content (AvgIpc) is 3.51. The molecule has 3 aliphatic rings. The Bertz CT molecular complexity index is 1740. The molecule has 0 amide bonds. The predicted octanol–water partition coefficient (Wildman–Crippen LogP) is 4.83. The van der Waals surface area contributed by atoms with Crippen LogP contribution in [0.15, 0.2) is 48.5 Å². The molecule has 5 aromatic rings. The summed E-state index contributed by atoms with van der Waals surface area (Å²) in [4.78, 5) is 13.4. The van der Waals surface area contributed by atoms with Crippen LogP contribution in [0, 0.1) is 5.92 Å². The van der Waals surface area contributed by atoms with Crippen LogP contribution in [0.5, 0.6) is 0 Å². The average molecular weight is 466 g/mol. The number of nitrogens with one attached hydrogen (secondary N) is 1. The third kappa shape index (κ3) is 2.16. The number of Topliss-reactive ketones (excluding diaryl/α,β-unsaturated/α-hetero) is 1. The van der Waals surface area contributed by atoms with Gasteiger partial charge in [0.1, 0.15) is 6.23 Å². The second-order valence-electron chi connectivity index (χ2n) is 10.5. The van der Waals surface area contributed by atoms with Crippen molar-refractivity contribution in [2.24, 2.45) is 5.92 Å². The zero-order valence-corrected chi connectivity index (χ0v) is 19.8. The SMILES string of the molecule is CN[C@@H]1C[C@H]2O[C@@](C)([C@@H]1CO)n1c3ccccc3c3c4c(c5c6ccccc6n2c5c31)C(=O)CC4. The Morgan fingerprint density at radius 2 is 1.74 bits per heavy atom. The highest BCUT2D eigenvalue weighted by Gasteiger charge is 2.52. The van der Waals surface area contributed by atoms with E-state index in [-0.39, 0.29) is 30.6 Å². The van der Waals surface area contributed by atoms with Crippen LogP contribution in [0.4, 0.5) is 0 Å². The standard InChI is InChI=1S/C29H27N3O3/c1-29-18(14-33)19(30-2)13-23(35-29)31-20-9-5-3-7-15(20)26-25-17(11-12-22(25)34)24-16-8-4-6-10-21(16)32(29)28(24)27(26)31/h3-10,18-19,23,30,33H,11-14H2,1-2H3/t18-,19-,23-,29+/m1/s1. The number of carbonyl (C=O) groups is 1. The van der Waals surface area contributed by atoms with Gasteiger partial charge in [-0.25, -0.2) is 0 Å². The number of carbonyl (C=O) groups excluding carboxylic acids is 1. The Kier molecular flexibility index (Phi) is 3.73. The predicted molar refractivity (Wildman–Crippen MR) is 137 cm³/mol. The number of hydrogen-bond donors (Lipinski definition) is 2. The van der Waals surface area contributed by atoms with Crippen molar-refractivity contribution in [1.29, 1.82) is 0 Å². The van der Waals surface area contributed by atoms with Crippen LogP contribution in [0.1, 0.15) is 41.9 Å². The zero-order valence-electron chi connectivity index (χ0n) is 19.8. The molecule has 0 radical (unpaired) electrons. The van der Waals surface area contributed by atoms with Crippen molar-refractivity contribution < 1.29 is 14.6 Å². The number of ketones is 1. The van der Waals surface area contributed by atoms with Crippen molar-refractivity contribution in [3.05, 3.63) is 59.7 Å². The van der Waals surface area contributed by atoms with E-state index in [1.54, 1.807) is 0 Å². The summed E-state index contributed by atoms with van der Waals surface area (Å²) in [5.74, 6) is 0.103. The number of ether oxygens (including phenoxy) is 1. The van der Waals surface area contributed by atoms with E-state index in [9.17, 15) is 9.90 Å². The maximum absolute atomic E-state index is 13.4. The number of para-hydroxylation sites is 2. The fraction of sp³-hybridized carbons (Fsp3) is 0.345. The summed E-state index contributed by atoms with van der Waals surface area (Å²) in [6, 6.07) is 17.0. The molecule has 3 aromatic carbocycles. The van der Waals surface area contributed by atoms with E-state index in [0.29, 0.717) is 6.42 Å². The number of rotatable bonds is 2. The van der Waals surface area contributed by atoms with Crippen molar-refractivity contribution in [3.8, 4) is 0 Å². The van der Waals surface area contributed by atoms with Gasteiger partial charge in [-0.15, -0.1) is 0 Å². The van der Waals surface area contributed by atoms with Crippen LogP contribution >= 0.6 is 0 Å². The Balaban J connectivity index is 1.72. The molecule has 0 spiro atoms. The fourth-order valence-corrected chi connectivity index (χ4v) is 7.63. The topological polar surface area (TPSA) is 68.4 Å². The second kappa shape index (κ2) is 6.52. The lowest BCUT2D eigenvalue weighted by molar-refractivity contribution is -0.234. The van der Waals surface area contributed by atoms with Crippen LogP contribution in [-0.2, 0) is 16.9 Å². The van der Waals surface area contributed by atoms with Crippen molar-refractivity contribution in [2.75, 3.05) is 13.7 Å². The Morgan fingerprint density at radius 3 is 2.49 bits per heavy atom. The lowest BCUT2D eigenvalue weighted by atomic mass is 9.84. The number of benzene rings is 3. The normalized spacial score (nSPS) is 27.5. The van der Waals surface area contributed by atoms with E-state index in [4.69, 9.17) is 4.74 Å². The van der Waals surface area contributed by atoms with Crippen LogP contribution in [0.25, 0.3) is 43.6 Å². The molecule has 1 fully saturated rings. The van der Waals surface area contributed by atoms with Gasteiger partial charge in [-0.05, 0) is 38.1 Å². The number of aliphatic hydroxyl groups is 1. The van der Waals surface area contributed by atoms with Crippen molar-refractivity contribution >= 4 is 49.4 Å². The summed E-state index contributed by atoms with van der Waals surface area (Å²) < 4.78 is 11.8. The largest absolute Gasteiger partial charge is 0.396 e. The summed E-state index contributed by atoms with van der Waals surface area (Å²) in [6.07, 6.45) is 1.83. The highest BCUT2D eigenvalue weighted by Crippen LogP contribution is 2.54. The van der Waals surface area contributed by atoms with E-state index < -0.39 is 5.72 Å². The molecule has 0 saturated carbocycles. The first-order valence-corrected chi connectivity index (χ1v) is 12.6. The quantitative estimate of drug-likeness (QED) is 0.392. The van der Waals surface area contributed by atoms with Gasteiger partial charge < -0.3 is 24.3 Å². The molecule has 4 atom stereocenters. The highest BCUT2D eigenvalue weighted by molar-refractivity contribution is 6.31. The number of hydrogen-bond acceptors (Lipinski definition) is 4. The second-order valence-corrected chi connectivity index (χ2v) is 10.5. The Hall–Kier alpha value is -3.19. The third-order valence-corrected chi connectivity index (χ3v) is 9.05. The lowest BCUT2D eigenvalue weighted by Gasteiger charge is -2.48. The van der Waals surface area contributed by atoms with E-state index in [1.165, 1.54) is 10.9 Å². The van der Waals surface area contributed by atoms with E-state index in [0.717, 1.165) is 56.6 Å². The minimum atomic E-state index is -0.767. The molecule has 6 nitrogen and oxygen atoms in total. The summed E-state index contributed by atoms with van der Waals surface area (Å²) in [6.45, 7) is 2.15. The summed E-state index contributed by atoms with van der Waals surface area (Å²) in [5.41, 5.74) is 5.71. The number of nitrogens with zero attached hydrogens (tertiary/aromatic N) is 2. The minimum Gasteiger partial charge on any atom is -0.396 e. The first kappa shape index (κ1) is 20.0. The number of aliphatic hydroxyl groups excluding tert-OH is 1. The van der Waals surface area contributed by atoms with Crippen LogP contribution in [0.2, 0.25) is 0 Å². The van der Waals surface area contributed by atoms with E-state index in [2.05, 4.69) is 69.9 Å². The molecule has 4 heterocycles. The van der Waals surface area contributed by atoms with Crippen molar-refractivity contribution in [3.63, 3.8) is 0 Å². The monoisotopic (exact) mass is 465 g/mol. The zero-order chi connectivity index (χ0) is 23.6. The molecule has 2 N–H and O–H groups in total. The molecule has 176 valence electrons. The molecule has 1 saturated heterocycles. The number of aromatic nitrogens is 2. The summed E-state index contributed by atoms with van der Waals surface area (Å²) >= 11 is 0. The molecule has 2 aliphatic heterocycles. The minimum absolute atomic E-state index is 0.0188. The third-order valence-electron chi connectivity index (χ3n) is 9.05.